The summed E-state index contributed by atoms with van der Waals surface area (Å²) in [7, 11) is 0. The summed E-state index contributed by atoms with van der Waals surface area (Å²) in [5.41, 5.74) is 8.59. The van der Waals surface area contributed by atoms with E-state index < -0.39 is 0 Å². The molecule has 2 amide bonds. The number of hydrogen-bond acceptors (Lipinski definition) is 5. The lowest BCUT2D eigenvalue weighted by molar-refractivity contribution is -0.118. The average Bonchev–Trinajstić information content (AvgIpc) is 2.66. The van der Waals surface area contributed by atoms with Crippen molar-refractivity contribution < 1.29 is 14.3 Å². The molecule has 3 rings (SSSR count). The number of morpholine rings is 1. The van der Waals surface area contributed by atoms with Crippen LogP contribution in [0.4, 0.5) is 17.1 Å². The lowest BCUT2D eigenvalue weighted by atomic mass is 10.1. The summed E-state index contributed by atoms with van der Waals surface area (Å²) in [6, 6.07) is 14.3. The number of amides is 2. The number of carbonyl (C=O) groups is 2. The normalized spacial score (nSPS) is 14.5. The van der Waals surface area contributed by atoms with Gasteiger partial charge in [-0.15, -0.1) is 0 Å². The van der Waals surface area contributed by atoms with E-state index in [9.17, 15) is 9.59 Å². The van der Waals surface area contributed by atoms with E-state index in [1.165, 1.54) is 0 Å². The van der Waals surface area contributed by atoms with Gasteiger partial charge in [0.25, 0.3) is 0 Å². The summed E-state index contributed by atoms with van der Waals surface area (Å²) in [6.45, 7) is 3.22. The van der Waals surface area contributed by atoms with Crippen LogP contribution in [0.2, 0.25) is 0 Å². The van der Waals surface area contributed by atoms with Crippen LogP contribution in [0, 0.1) is 0 Å². The molecule has 0 spiro atoms. The quantitative estimate of drug-likeness (QED) is 0.675. The lowest BCUT2D eigenvalue weighted by Gasteiger charge is -2.25. The zero-order valence-electron chi connectivity index (χ0n) is 15.1. The number of hydrogen-bond donors (Lipinski definition) is 3. The molecule has 0 radical (unpaired) electrons. The summed E-state index contributed by atoms with van der Waals surface area (Å²) >= 11 is 0. The summed E-state index contributed by atoms with van der Waals surface area (Å²) in [5, 5.41) is 5.72. The fourth-order valence-electron chi connectivity index (χ4n) is 2.83. The molecule has 142 valence electrons. The molecule has 0 saturated carbocycles. The zero-order valence-corrected chi connectivity index (χ0v) is 15.1. The Labute approximate surface area is 158 Å². The minimum atomic E-state index is -0.108. The van der Waals surface area contributed by atoms with Gasteiger partial charge >= 0.3 is 0 Å². The van der Waals surface area contributed by atoms with E-state index in [0.29, 0.717) is 36.8 Å². The Hall–Kier alpha value is -2.90. The predicted molar refractivity (Wildman–Crippen MR) is 106 cm³/mol. The molecule has 0 aliphatic carbocycles. The third kappa shape index (κ3) is 6.09. The molecular weight excluding hydrogens is 344 g/mol. The molecule has 27 heavy (non-hydrogen) atoms. The summed E-state index contributed by atoms with van der Waals surface area (Å²) in [4.78, 5) is 26.3. The fraction of sp³-hybridized carbons (Fsp3) is 0.300. The largest absolute Gasteiger partial charge is 0.399 e. The molecule has 0 bridgehead atoms. The molecule has 7 heteroatoms. The van der Waals surface area contributed by atoms with Crippen molar-refractivity contribution in [3.05, 3.63) is 54.1 Å². The van der Waals surface area contributed by atoms with Crippen molar-refractivity contribution in [2.75, 3.05) is 49.2 Å². The van der Waals surface area contributed by atoms with Crippen LogP contribution in [0.3, 0.4) is 0 Å². The molecule has 0 aromatic heterocycles. The monoisotopic (exact) mass is 368 g/mol. The van der Waals surface area contributed by atoms with Crippen LogP contribution < -0.4 is 16.4 Å². The maximum absolute atomic E-state index is 12.1. The highest BCUT2D eigenvalue weighted by Gasteiger charge is 2.14. The maximum atomic E-state index is 12.1. The van der Waals surface area contributed by atoms with Gasteiger partial charge in [0, 0.05) is 30.2 Å². The fourth-order valence-corrected chi connectivity index (χ4v) is 2.83. The van der Waals surface area contributed by atoms with Crippen molar-refractivity contribution in [1.82, 2.24) is 4.90 Å². The Morgan fingerprint density at radius 3 is 2.04 bits per heavy atom. The first-order chi connectivity index (χ1) is 13.1. The third-order valence-corrected chi connectivity index (χ3v) is 4.27. The van der Waals surface area contributed by atoms with E-state index in [-0.39, 0.29) is 18.2 Å². The van der Waals surface area contributed by atoms with Gasteiger partial charge in [-0.1, -0.05) is 12.1 Å². The lowest BCUT2D eigenvalue weighted by Crippen LogP contribution is -2.41. The first-order valence-electron chi connectivity index (χ1n) is 8.93. The van der Waals surface area contributed by atoms with Crippen LogP contribution in [0.25, 0.3) is 0 Å². The van der Waals surface area contributed by atoms with Gasteiger partial charge in [0.1, 0.15) is 0 Å². The molecule has 1 aliphatic heterocycles. The number of nitrogen functional groups attached to an aromatic ring is 1. The van der Waals surface area contributed by atoms with E-state index in [1.54, 1.807) is 36.4 Å². The van der Waals surface area contributed by atoms with Crippen LogP contribution in [-0.4, -0.2) is 49.6 Å². The highest BCUT2D eigenvalue weighted by atomic mass is 16.5. The van der Waals surface area contributed by atoms with Gasteiger partial charge in [0.15, 0.2) is 0 Å². The Balaban J connectivity index is 1.47. The Kier molecular flexibility index (Phi) is 6.40. The van der Waals surface area contributed by atoms with Crippen LogP contribution in [0.1, 0.15) is 5.56 Å². The van der Waals surface area contributed by atoms with Gasteiger partial charge in [0.05, 0.1) is 26.2 Å². The van der Waals surface area contributed by atoms with Crippen molar-refractivity contribution in [3.8, 4) is 0 Å². The minimum Gasteiger partial charge on any atom is -0.399 e. The van der Waals surface area contributed by atoms with E-state index in [2.05, 4.69) is 15.5 Å². The highest BCUT2D eigenvalue weighted by Crippen LogP contribution is 2.14. The van der Waals surface area contributed by atoms with Gasteiger partial charge in [0.2, 0.25) is 11.8 Å². The van der Waals surface area contributed by atoms with Crippen LogP contribution >= 0.6 is 0 Å². The smallest absolute Gasteiger partial charge is 0.238 e. The number of carbonyl (C=O) groups excluding carboxylic acids is 2. The van der Waals surface area contributed by atoms with Gasteiger partial charge in [-0.2, -0.15) is 0 Å². The molecule has 1 fully saturated rings. The van der Waals surface area contributed by atoms with E-state index in [0.717, 1.165) is 18.7 Å². The van der Waals surface area contributed by atoms with E-state index in [1.807, 2.05) is 12.1 Å². The second-order valence-corrected chi connectivity index (χ2v) is 6.48. The number of benzene rings is 2. The second kappa shape index (κ2) is 9.16. The molecule has 2 aromatic carbocycles. The third-order valence-electron chi connectivity index (χ3n) is 4.27. The molecular formula is C20H24N4O3. The number of nitrogens with two attached hydrogens (primary N) is 1. The molecule has 1 saturated heterocycles. The molecule has 4 N–H and O–H groups in total. The summed E-state index contributed by atoms with van der Waals surface area (Å²) in [6.07, 6.45) is 0.276. The standard InChI is InChI=1S/C20H24N4O3/c21-16-3-1-15(2-4-16)13-19(25)22-17-5-7-18(8-6-17)23-20(26)14-24-9-11-27-12-10-24/h1-8H,9-14,21H2,(H,22,25)(H,23,26). The van der Waals surface area contributed by atoms with Gasteiger partial charge < -0.3 is 21.1 Å². The number of nitrogens with one attached hydrogen (secondary N) is 2. The van der Waals surface area contributed by atoms with E-state index in [4.69, 9.17) is 10.5 Å². The number of anilines is 3. The van der Waals surface area contributed by atoms with Crippen LogP contribution in [-0.2, 0) is 20.7 Å². The molecule has 0 atom stereocenters. The van der Waals surface area contributed by atoms with Crippen molar-refractivity contribution >= 4 is 28.9 Å². The SMILES string of the molecule is Nc1ccc(CC(=O)Nc2ccc(NC(=O)CN3CCOCC3)cc2)cc1. The Bertz CT molecular complexity index is 769. The summed E-state index contributed by atoms with van der Waals surface area (Å²) < 4.78 is 5.27. The molecule has 1 heterocycles. The maximum Gasteiger partial charge on any atom is 0.238 e. The first kappa shape index (κ1) is 18.9. The average molecular weight is 368 g/mol. The van der Waals surface area contributed by atoms with Crippen molar-refractivity contribution in [3.63, 3.8) is 0 Å². The minimum absolute atomic E-state index is 0.0583. The molecule has 0 unspecified atom stereocenters. The molecule has 2 aromatic rings. The predicted octanol–water partition coefficient (Wildman–Crippen LogP) is 1.72. The molecule has 1 aliphatic rings. The zero-order chi connectivity index (χ0) is 19.1. The Morgan fingerprint density at radius 1 is 0.889 bits per heavy atom. The van der Waals surface area contributed by atoms with Crippen molar-refractivity contribution in [2.45, 2.75) is 6.42 Å². The van der Waals surface area contributed by atoms with Gasteiger partial charge in [-0.3, -0.25) is 14.5 Å². The molecule has 7 nitrogen and oxygen atoms in total. The number of rotatable bonds is 6. The van der Waals surface area contributed by atoms with Crippen LogP contribution in [0.15, 0.2) is 48.5 Å². The van der Waals surface area contributed by atoms with Crippen molar-refractivity contribution in [2.24, 2.45) is 0 Å². The van der Waals surface area contributed by atoms with Gasteiger partial charge in [-0.25, -0.2) is 0 Å². The second-order valence-electron chi connectivity index (χ2n) is 6.48. The first-order valence-corrected chi connectivity index (χ1v) is 8.93. The highest BCUT2D eigenvalue weighted by molar-refractivity contribution is 5.94. The van der Waals surface area contributed by atoms with Crippen LogP contribution in [0.5, 0.6) is 0 Å². The summed E-state index contributed by atoms with van der Waals surface area (Å²) in [5.74, 6) is -0.166. The van der Waals surface area contributed by atoms with Gasteiger partial charge in [-0.05, 0) is 42.0 Å². The van der Waals surface area contributed by atoms with Crippen molar-refractivity contribution in [1.29, 1.82) is 0 Å². The van der Waals surface area contributed by atoms with E-state index >= 15 is 0 Å². The topological polar surface area (TPSA) is 96.7 Å². The Morgan fingerprint density at radius 2 is 1.44 bits per heavy atom. The number of nitrogens with zero attached hydrogens (tertiary/aromatic N) is 1. The number of ether oxygens (including phenoxy) is 1.